The minimum atomic E-state index is 0.306. The number of nitrogens with one attached hydrogen (secondary N) is 1. The Labute approximate surface area is 173 Å². The van der Waals surface area contributed by atoms with Crippen molar-refractivity contribution in [1.29, 1.82) is 5.41 Å². The summed E-state index contributed by atoms with van der Waals surface area (Å²) in [6.45, 7) is 3.34. The lowest BCUT2D eigenvalue weighted by Crippen LogP contribution is -2.03. The van der Waals surface area contributed by atoms with Gasteiger partial charge in [-0.1, -0.05) is 12.1 Å². The van der Waals surface area contributed by atoms with Crippen LogP contribution in [0.5, 0.6) is 11.5 Å². The highest BCUT2D eigenvalue weighted by molar-refractivity contribution is 6.23. The fourth-order valence-corrected chi connectivity index (χ4v) is 3.77. The lowest BCUT2D eigenvalue weighted by atomic mass is 9.97. The second kappa shape index (κ2) is 7.51. The van der Waals surface area contributed by atoms with Crippen molar-refractivity contribution in [2.24, 2.45) is 0 Å². The van der Waals surface area contributed by atoms with Gasteiger partial charge in [-0.2, -0.15) is 5.10 Å². The van der Waals surface area contributed by atoms with Crippen molar-refractivity contribution < 1.29 is 14.6 Å². The zero-order valence-electron chi connectivity index (χ0n) is 17.3. The first-order chi connectivity index (χ1) is 14.5. The lowest BCUT2D eigenvalue weighted by Gasteiger charge is -2.14. The summed E-state index contributed by atoms with van der Waals surface area (Å²) in [6.07, 6.45) is 3.55. The number of hydrogen-bond acceptors (Lipinski definition) is 5. The summed E-state index contributed by atoms with van der Waals surface area (Å²) in [4.78, 5) is 4.60. The van der Waals surface area contributed by atoms with Gasteiger partial charge in [0.1, 0.15) is 17.2 Å². The maximum atomic E-state index is 8.12. The normalized spacial score (nSPS) is 12.1. The van der Waals surface area contributed by atoms with Gasteiger partial charge in [0.25, 0.3) is 0 Å². The van der Waals surface area contributed by atoms with E-state index >= 15 is 0 Å². The topological polar surface area (TPSA) is 95.9 Å². The smallest absolute Gasteiger partial charge is 0.235 e. The molecule has 2 heterocycles. The highest BCUT2D eigenvalue weighted by atomic mass is 16.5. The van der Waals surface area contributed by atoms with Crippen LogP contribution in [0.25, 0.3) is 33.1 Å². The molecule has 0 saturated heterocycles. The van der Waals surface area contributed by atoms with Crippen molar-refractivity contribution in [1.82, 2.24) is 14.8 Å². The average molecular weight is 403 g/mol. The summed E-state index contributed by atoms with van der Waals surface area (Å²) in [7, 11) is 3.22. The van der Waals surface area contributed by atoms with Crippen LogP contribution in [-0.4, -0.2) is 39.8 Å². The number of benzene rings is 2. The van der Waals surface area contributed by atoms with Crippen molar-refractivity contribution in [2.45, 2.75) is 13.8 Å². The number of nitrogens with zero attached hydrogens (tertiary/aromatic N) is 3. The summed E-state index contributed by atoms with van der Waals surface area (Å²) in [5.41, 5.74) is 3.96. The molecule has 0 atom stereocenters. The van der Waals surface area contributed by atoms with E-state index in [4.69, 9.17) is 20.0 Å². The van der Waals surface area contributed by atoms with Gasteiger partial charge < -0.3 is 20.0 Å². The summed E-state index contributed by atoms with van der Waals surface area (Å²) >= 11 is 0. The van der Waals surface area contributed by atoms with Crippen LogP contribution in [0.15, 0.2) is 54.6 Å². The predicted octanol–water partition coefficient (Wildman–Crippen LogP) is 4.09. The summed E-state index contributed by atoms with van der Waals surface area (Å²) in [5.74, 6) is 1.60. The molecule has 152 valence electrons. The zero-order valence-corrected chi connectivity index (χ0v) is 17.3. The number of allylic oxidation sites excluding steroid dienone is 2. The number of aromatic nitrogens is 3. The third kappa shape index (κ3) is 3.04. The van der Waals surface area contributed by atoms with Crippen LogP contribution in [-0.2, 0) is 0 Å². The van der Waals surface area contributed by atoms with Crippen molar-refractivity contribution in [2.75, 3.05) is 14.2 Å². The monoisotopic (exact) mass is 403 g/mol. The van der Waals surface area contributed by atoms with E-state index in [0.29, 0.717) is 34.1 Å². The van der Waals surface area contributed by atoms with E-state index in [1.54, 1.807) is 40.5 Å². The minimum Gasteiger partial charge on any atom is -0.596 e. The second-order valence-electron chi connectivity index (χ2n) is 6.99. The molecule has 0 aliphatic heterocycles. The van der Waals surface area contributed by atoms with Crippen LogP contribution in [0.2, 0.25) is 0 Å². The number of ether oxygens (including phenoxy) is 2. The Morgan fingerprint density at radius 1 is 1.03 bits per heavy atom. The van der Waals surface area contributed by atoms with Crippen LogP contribution in [0, 0.1) is 5.41 Å². The molecule has 30 heavy (non-hydrogen) atoms. The van der Waals surface area contributed by atoms with Gasteiger partial charge in [-0.05, 0) is 31.2 Å². The van der Waals surface area contributed by atoms with Crippen LogP contribution < -0.4 is 9.47 Å². The predicted molar refractivity (Wildman–Crippen MR) is 119 cm³/mol. The molecule has 0 saturated carbocycles. The molecule has 0 aliphatic rings. The van der Waals surface area contributed by atoms with Gasteiger partial charge in [-0.25, -0.2) is 4.68 Å². The molecule has 3 N–H and O–H groups in total. The largest absolute Gasteiger partial charge is 0.596 e. The van der Waals surface area contributed by atoms with Crippen LogP contribution in [0.3, 0.4) is 0 Å². The number of hydrogen-bond donors (Lipinski definition) is 1. The fourth-order valence-electron chi connectivity index (χ4n) is 3.77. The first-order valence-corrected chi connectivity index (χ1v) is 9.42. The number of methoxy groups -OCH3 is 2. The fraction of sp³-hybridized carbons (Fsp3) is 0.174. The standard InChI is InChI=1S/C23H22N4O3/c1-13(24)22(14(2)28)17-9-18-16(10-21(17)30-4)23-15(11-25-18)12-26-27(23)19-7-5-6-8-20(19)29-3/h5-12,24,28H,1-4H3/p+1/b22-14+,24-13?. The number of fused-ring (bicyclic) bond motifs is 3. The van der Waals surface area contributed by atoms with E-state index in [-0.39, 0.29) is 0 Å². The molecule has 7 heteroatoms. The maximum Gasteiger partial charge on any atom is 0.235 e. The van der Waals surface area contributed by atoms with E-state index in [0.717, 1.165) is 27.5 Å². The van der Waals surface area contributed by atoms with Crippen LogP contribution in [0.4, 0.5) is 0 Å². The summed E-state index contributed by atoms with van der Waals surface area (Å²) in [6, 6.07) is 11.5. The number of rotatable bonds is 5. The first-order valence-electron chi connectivity index (χ1n) is 9.42. The summed E-state index contributed by atoms with van der Waals surface area (Å²) < 4.78 is 13.0. The Morgan fingerprint density at radius 2 is 1.77 bits per heavy atom. The van der Waals surface area contributed by atoms with Gasteiger partial charge in [0.2, 0.25) is 5.76 Å². The first kappa shape index (κ1) is 19.4. The third-order valence-corrected chi connectivity index (χ3v) is 5.05. The second-order valence-corrected chi connectivity index (χ2v) is 6.99. The molecule has 0 bridgehead atoms. The number of pyridine rings is 1. The summed E-state index contributed by atoms with van der Waals surface area (Å²) in [5, 5.41) is 22.6. The molecule has 4 aromatic rings. The van der Waals surface area contributed by atoms with Crippen molar-refractivity contribution in [3.63, 3.8) is 0 Å². The molecule has 2 aromatic heterocycles. The van der Waals surface area contributed by atoms with E-state index in [9.17, 15) is 0 Å². The molecular weight excluding hydrogens is 380 g/mol. The molecule has 0 spiro atoms. The Kier molecular flexibility index (Phi) is 4.87. The Hall–Kier alpha value is -3.87. The van der Waals surface area contributed by atoms with E-state index in [1.165, 1.54) is 0 Å². The molecule has 0 aliphatic carbocycles. The van der Waals surface area contributed by atoms with E-state index in [1.807, 2.05) is 41.1 Å². The zero-order chi connectivity index (χ0) is 21.4. The van der Waals surface area contributed by atoms with Gasteiger partial charge in [0.15, 0.2) is 0 Å². The van der Waals surface area contributed by atoms with Crippen molar-refractivity contribution in [3.8, 4) is 17.2 Å². The molecule has 0 radical (unpaired) electrons. The molecular formula is C23H23N4O3+. The number of para-hydroxylation sites is 2. The molecule has 4 rings (SSSR count). The van der Waals surface area contributed by atoms with Crippen molar-refractivity contribution in [3.05, 3.63) is 60.1 Å². The van der Waals surface area contributed by atoms with Gasteiger partial charge in [0.05, 0.1) is 37.0 Å². The van der Waals surface area contributed by atoms with Gasteiger partial charge >= 0.3 is 0 Å². The van der Waals surface area contributed by atoms with Crippen LogP contribution >= 0.6 is 0 Å². The molecule has 0 amide bonds. The quantitative estimate of drug-likeness (QED) is 0.308. The maximum absolute atomic E-state index is 8.12. The van der Waals surface area contributed by atoms with E-state index in [2.05, 4.69) is 10.1 Å². The Morgan fingerprint density at radius 3 is 2.43 bits per heavy atom. The molecule has 7 nitrogen and oxygen atoms in total. The SMILES string of the molecule is COc1cc2c(cc1/C(C(C)=N)=C(\C)[OH2+])ncc1cnn(-c3ccccc3OC)c12. The molecule has 0 unspecified atom stereocenters. The Bertz CT molecular complexity index is 1320. The molecule has 2 aromatic carbocycles. The van der Waals surface area contributed by atoms with Gasteiger partial charge in [-0.15, -0.1) is 0 Å². The third-order valence-electron chi connectivity index (χ3n) is 5.05. The highest BCUT2D eigenvalue weighted by Crippen LogP contribution is 2.36. The van der Waals surface area contributed by atoms with Gasteiger partial charge in [0, 0.05) is 35.2 Å². The van der Waals surface area contributed by atoms with Gasteiger partial charge in [-0.3, -0.25) is 4.98 Å². The lowest BCUT2D eigenvalue weighted by molar-refractivity contribution is 0.409. The van der Waals surface area contributed by atoms with Crippen molar-refractivity contribution >= 4 is 33.1 Å². The van der Waals surface area contributed by atoms with Crippen LogP contribution in [0.1, 0.15) is 19.4 Å². The average Bonchev–Trinajstić information content (AvgIpc) is 3.17. The highest BCUT2D eigenvalue weighted by Gasteiger charge is 2.20. The Balaban J connectivity index is 2.07. The molecule has 0 fully saturated rings. The van der Waals surface area contributed by atoms with E-state index < -0.39 is 0 Å². The minimum absolute atomic E-state index is 0.306.